The third-order valence-electron chi connectivity index (χ3n) is 4.34. The summed E-state index contributed by atoms with van der Waals surface area (Å²) >= 11 is 0. The molecule has 0 amide bonds. The molecule has 1 heterocycles. The van der Waals surface area contributed by atoms with Crippen LogP contribution < -0.4 is 14.2 Å². The molecule has 0 saturated carbocycles. The Kier molecular flexibility index (Phi) is 5.85. The van der Waals surface area contributed by atoms with Crippen molar-refractivity contribution in [1.29, 1.82) is 0 Å². The van der Waals surface area contributed by atoms with Gasteiger partial charge in [-0.15, -0.1) is 0 Å². The molecule has 158 valence electrons. The quantitative estimate of drug-likeness (QED) is 0.442. The number of sulfonamides is 1. The minimum Gasteiger partial charge on any atom is -0.497 e. The molecule has 0 atom stereocenters. The topological polar surface area (TPSA) is 104 Å². The standard InChI is InChI=1S/C22H19N3O5S/c1-28-18-11-13-19(14-12-18)29-15-21-23-22(24-30-21)16-7-9-17(10-8-16)25-31(26,27)20-5-3-2-4-6-20/h2-14,25H,15H2,1H3. The Morgan fingerprint density at radius 1 is 0.903 bits per heavy atom. The smallest absolute Gasteiger partial charge is 0.264 e. The summed E-state index contributed by atoms with van der Waals surface area (Å²) in [6.07, 6.45) is 0. The normalized spacial score (nSPS) is 11.1. The molecule has 0 spiro atoms. The van der Waals surface area contributed by atoms with Gasteiger partial charge in [0.05, 0.1) is 12.0 Å². The van der Waals surface area contributed by atoms with Gasteiger partial charge in [-0.25, -0.2) is 8.42 Å². The molecular weight excluding hydrogens is 418 g/mol. The van der Waals surface area contributed by atoms with Gasteiger partial charge in [-0.3, -0.25) is 4.72 Å². The second-order valence-corrected chi connectivity index (χ2v) is 8.15. The molecule has 1 N–H and O–H groups in total. The van der Waals surface area contributed by atoms with Gasteiger partial charge >= 0.3 is 0 Å². The van der Waals surface area contributed by atoms with Crippen molar-refractivity contribution < 1.29 is 22.4 Å². The summed E-state index contributed by atoms with van der Waals surface area (Å²) in [7, 11) is -2.05. The summed E-state index contributed by atoms with van der Waals surface area (Å²) < 4.78 is 43.3. The maximum absolute atomic E-state index is 12.4. The number of ether oxygens (including phenoxy) is 2. The molecule has 8 nitrogen and oxygen atoms in total. The van der Waals surface area contributed by atoms with E-state index in [0.29, 0.717) is 28.7 Å². The summed E-state index contributed by atoms with van der Waals surface area (Å²) in [4.78, 5) is 4.51. The highest BCUT2D eigenvalue weighted by atomic mass is 32.2. The summed E-state index contributed by atoms with van der Waals surface area (Å²) in [6, 6.07) is 22.0. The van der Waals surface area contributed by atoms with E-state index in [1.165, 1.54) is 12.1 Å². The van der Waals surface area contributed by atoms with E-state index >= 15 is 0 Å². The second-order valence-electron chi connectivity index (χ2n) is 6.47. The minimum absolute atomic E-state index is 0.119. The summed E-state index contributed by atoms with van der Waals surface area (Å²) in [5, 5.41) is 3.95. The summed E-state index contributed by atoms with van der Waals surface area (Å²) in [5.41, 5.74) is 1.11. The Labute approximate surface area is 179 Å². The zero-order chi connectivity index (χ0) is 21.7. The fourth-order valence-corrected chi connectivity index (χ4v) is 3.83. The number of methoxy groups -OCH3 is 1. The van der Waals surface area contributed by atoms with E-state index in [9.17, 15) is 8.42 Å². The minimum atomic E-state index is -3.65. The van der Waals surface area contributed by atoms with Crippen LogP contribution in [0.15, 0.2) is 88.3 Å². The zero-order valence-electron chi connectivity index (χ0n) is 16.6. The van der Waals surface area contributed by atoms with Crippen LogP contribution in [0, 0.1) is 0 Å². The van der Waals surface area contributed by atoms with Crippen molar-refractivity contribution in [2.45, 2.75) is 11.5 Å². The number of benzene rings is 3. The summed E-state index contributed by atoms with van der Waals surface area (Å²) in [6.45, 7) is 0.119. The van der Waals surface area contributed by atoms with Gasteiger partial charge < -0.3 is 14.0 Å². The monoisotopic (exact) mass is 437 g/mol. The van der Waals surface area contributed by atoms with Gasteiger partial charge in [0.1, 0.15) is 11.5 Å². The second kappa shape index (κ2) is 8.88. The van der Waals surface area contributed by atoms with Crippen molar-refractivity contribution in [3.05, 3.63) is 84.8 Å². The highest BCUT2D eigenvalue weighted by molar-refractivity contribution is 7.92. The van der Waals surface area contributed by atoms with Gasteiger partial charge in [0, 0.05) is 11.3 Å². The highest BCUT2D eigenvalue weighted by Gasteiger charge is 2.14. The molecule has 0 saturated heterocycles. The lowest BCUT2D eigenvalue weighted by molar-refractivity contribution is 0.242. The molecule has 0 aliphatic heterocycles. The Morgan fingerprint density at radius 3 is 2.26 bits per heavy atom. The highest BCUT2D eigenvalue weighted by Crippen LogP contribution is 2.22. The molecule has 1 aromatic heterocycles. The number of rotatable bonds is 8. The molecule has 0 radical (unpaired) electrons. The van der Waals surface area contributed by atoms with E-state index in [1.807, 2.05) is 0 Å². The number of hydrogen-bond donors (Lipinski definition) is 1. The first-order chi connectivity index (χ1) is 15.0. The van der Waals surface area contributed by atoms with Gasteiger partial charge in [-0.05, 0) is 60.7 Å². The van der Waals surface area contributed by atoms with E-state index in [1.54, 1.807) is 73.8 Å². The van der Waals surface area contributed by atoms with Crippen LogP contribution in [0.4, 0.5) is 5.69 Å². The molecule has 0 fully saturated rings. The lowest BCUT2D eigenvalue weighted by atomic mass is 10.2. The molecule has 0 bridgehead atoms. The van der Waals surface area contributed by atoms with E-state index in [0.717, 1.165) is 5.75 Å². The lowest BCUT2D eigenvalue weighted by Crippen LogP contribution is -2.12. The average molecular weight is 437 g/mol. The molecule has 0 aliphatic carbocycles. The van der Waals surface area contributed by atoms with Crippen molar-refractivity contribution in [3.63, 3.8) is 0 Å². The van der Waals surface area contributed by atoms with E-state index in [2.05, 4.69) is 14.9 Å². The van der Waals surface area contributed by atoms with Crippen LogP contribution >= 0.6 is 0 Å². The molecular formula is C22H19N3O5S. The van der Waals surface area contributed by atoms with Crippen molar-refractivity contribution in [3.8, 4) is 22.9 Å². The number of aromatic nitrogens is 2. The zero-order valence-corrected chi connectivity index (χ0v) is 17.4. The van der Waals surface area contributed by atoms with Crippen LogP contribution in [-0.2, 0) is 16.6 Å². The number of hydrogen-bond acceptors (Lipinski definition) is 7. The SMILES string of the molecule is COc1ccc(OCc2nc(-c3ccc(NS(=O)(=O)c4ccccc4)cc3)no2)cc1. The van der Waals surface area contributed by atoms with Crippen LogP contribution in [0.2, 0.25) is 0 Å². The molecule has 4 rings (SSSR count). The van der Waals surface area contributed by atoms with Gasteiger partial charge in [-0.1, -0.05) is 23.4 Å². The van der Waals surface area contributed by atoms with Crippen LogP contribution in [0.25, 0.3) is 11.4 Å². The first-order valence-corrected chi connectivity index (χ1v) is 10.8. The van der Waals surface area contributed by atoms with Crippen LogP contribution in [0.3, 0.4) is 0 Å². The maximum Gasteiger partial charge on any atom is 0.264 e. The van der Waals surface area contributed by atoms with Crippen LogP contribution in [0.1, 0.15) is 5.89 Å². The van der Waals surface area contributed by atoms with E-state index in [-0.39, 0.29) is 11.5 Å². The van der Waals surface area contributed by atoms with Crippen molar-refractivity contribution in [2.75, 3.05) is 11.8 Å². The third-order valence-corrected chi connectivity index (χ3v) is 5.74. The van der Waals surface area contributed by atoms with Gasteiger partial charge in [0.2, 0.25) is 5.82 Å². The number of anilines is 1. The maximum atomic E-state index is 12.4. The Balaban J connectivity index is 1.39. The molecule has 0 unspecified atom stereocenters. The van der Waals surface area contributed by atoms with Gasteiger partial charge in [0.25, 0.3) is 15.9 Å². The Hall–Kier alpha value is -3.85. The molecule has 3 aromatic carbocycles. The first-order valence-electron chi connectivity index (χ1n) is 9.31. The molecule has 0 aliphatic rings. The van der Waals surface area contributed by atoms with E-state index in [4.69, 9.17) is 14.0 Å². The fraction of sp³-hybridized carbons (Fsp3) is 0.0909. The fourth-order valence-electron chi connectivity index (χ4n) is 2.75. The van der Waals surface area contributed by atoms with E-state index < -0.39 is 10.0 Å². The Bertz CT molecular complexity index is 1240. The molecule has 4 aromatic rings. The Morgan fingerprint density at radius 2 is 1.58 bits per heavy atom. The summed E-state index contributed by atoms with van der Waals surface area (Å²) in [5.74, 6) is 2.09. The number of nitrogens with one attached hydrogen (secondary N) is 1. The lowest BCUT2D eigenvalue weighted by Gasteiger charge is -2.08. The largest absolute Gasteiger partial charge is 0.497 e. The molecule has 31 heavy (non-hydrogen) atoms. The molecule has 9 heteroatoms. The number of nitrogens with zero attached hydrogens (tertiary/aromatic N) is 2. The predicted molar refractivity (Wildman–Crippen MR) is 114 cm³/mol. The third kappa shape index (κ3) is 5.01. The van der Waals surface area contributed by atoms with Crippen molar-refractivity contribution in [2.24, 2.45) is 0 Å². The first kappa shape index (κ1) is 20.4. The van der Waals surface area contributed by atoms with Crippen molar-refractivity contribution >= 4 is 15.7 Å². The van der Waals surface area contributed by atoms with Gasteiger partial charge in [0.15, 0.2) is 6.61 Å². The van der Waals surface area contributed by atoms with Crippen LogP contribution in [-0.4, -0.2) is 25.7 Å². The van der Waals surface area contributed by atoms with Crippen molar-refractivity contribution in [1.82, 2.24) is 10.1 Å². The average Bonchev–Trinajstić information content (AvgIpc) is 3.28. The van der Waals surface area contributed by atoms with Gasteiger partial charge in [-0.2, -0.15) is 4.98 Å². The van der Waals surface area contributed by atoms with Crippen LogP contribution in [0.5, 0.6) is 11.5 Å². The predicted octanol–water partition coefficient (Wildman–Crippen LogP) is 4.13.